The van der Waals surface area contributed by atoms with E-state index >= 15 is 0 Å². The fourth-order valence-electron chi connectivity index (χ4n) is 2.56. The second-order valence-corrected chi connectivity index (χ2v) is 7.35. The van der Waals surface area contributed by atoms with Gasteiger partial charge in [-0.3, -0.25) is 9.59 Å². The van der Waals surface area contributed by atoms with Crippen molar-refractivity contribution >= 4 is 24.0 Å². The van der Waals surface area contributed by atoms with E-state index in [4.69, 9.17) is 14.2 Å². The number of esters is 1. The van der Waals surface area contributed by atoms with Crippen molar-refractivity contribution in [3.05, 3.63) is 47.1 Å². The predicted molar refractivity (Wildman–Crippen MR) is 101 cm³/mol. The third-order valence-electron chi connectivity index (χ3n) is 3.66. The largest absolute Gasteiger partial charge is 0.514 e. The average molecular weight is 388 g/mol. The van der Waals surface area contributed by atoms with Gasteiger partial charge in [-0.05, 0) is 44.0 Å². The number of ether oxygens (including phenoxy) is 3. The van der Waals surface area contributed by atoms with Gasteiger partial charge in [0.15, 0.2) is 0 Å². The highest BCUT2D eigenvalue weighted by Crippen LogP contribution is 2.28. The molecule has 0 amide bonds. The van der Waals surface area contributed by atoms with E-state index in [1.807, 2.05) is 0 Å². The fraction of sp³-hybridized carbons (Fsp3) is 0.381. The van der Waals surface area contributed by atoms with E-state index in [2.05, 4.69) is 0 Å². The van der Waals surface area contributed by atoms with E-state index in [1.165, 1.54) is 6.92 Å². The van der Waals surface area contributed by atoms with Gasteiger partial charge in [-0.25, -0.2) is 4.79 Å². The molecule has 1 unspecified atom stereocenters. The van der Waals surface area contributed by atoms with Gasteiger partial charge in [0.05, 0.1) is 0 Å². The van der Waals surface area contributed by atoms with Crippen molar-refractivity contribution in [1.29, 1.82) is 0 Å². The summed E-state index contributed by atoms with van der Waals surface area (Å²) in [5, 5.41) is 10.1. The number of hydrogen-bond acceptors (Lipinski definition) is 7. The summed E-state index contributed by atoms with van der Waals surface area (Å²) < 4.78 is 15.0. The summed E-state index contributed by atoms with van der Waals surface area (Å²) in [5.74, 6) is -0.310. The molecule has 0 radical (unpaired) electrons. The zero-order valence-electron chi connectivity index (χ0n) is 16.4. The Labute approximate surface area is 163 Å². The van der Waals surface area contributed by atoms with Crippen LogP contribution in [0.25, 0.3) is 6.08 Å². The quantitative estimate of drug-likeness (QED) is 0.478. The van der Waals surface area contributed by atoms with Gasteiger partial charge >= 0.3 is 12.1 Å². The average Bonchev–Trinajstić information content (AvgIpc) is 2.54. The standard InChI is InChI=1S/C21H24O7/c1-13(22)26-19(24)18-10-7-16(23)12-15(18)11-14-5-8-17(9-6-14)27-20(25)28-21(2,3)4/h5-6,8-11,19,24H,7,12H2,1-4H3. The predicted octanol–water partition coefficient (Wildman–Crippen LogP) is 3.55. The number of aliphatic hydroxyl groups is 1. The molecule has 1 aliphatic rings. The summed E-state index contributed by atoms with van der Waals surface area (Å²) in [6.07, 6.45) is 1.35. The van der Waals surface area contributed by atoms with Crippen molar-refractivity contribution in [3.8, 4) is 5.75 Å². The first-order chi connectivity index (χ1) is 13.0. The van der Waals surface area contributed by atoms with Crippen LogP contribution in [-0.2, 0) is 19.1 Å². The molecule has 0 aromatic heterocycles. The number of carbonyl (C=O) groups excluding carboxylic acids is 3. The topological polar surface area (TPSA) is 99.1 Å². The van der Waals surface area contributed by atoms with Crippen LogP contribution in [0.2, 0.25) is 0 Å². The van der Waals surface area contributed by atoms with Crippen LogP contribution in [0.15, 0.2) is 41.5 Å². The van der Waals surface area contributed by atoms with Gasteiger partial charge in [-0.1, -0.05) is 24.3 Å². The molecule has 7 heteroatoms. The summed E-state index contributed by atoms with van der Waals surface area (Å²) in [7, 11) is 0. The normalized spacial score (nSPS) is 17.0. The molecule has 1 N–H and O–H groups in total. The highest BCUT2D eigenvalue weighted by molar-refractivity contribution is 5.87. The van der Waals surface area contributed by atoms with Crippen molar-refractivity contribution in [2.24, 2.45) is 0 Å². The lowest BCUT2D eigenvalue weighted by Crippen LogP contribution is -2.25. The molecule has 150 valence electrons. The lowest BCUT2D eigenvalue weighted by atomic mass is 9.90. The summed E-state index contributed by atoms with van der Waals surface area (Å²) in [4.78, 5) is 34.6. The molecule has 0 spiro atoms. The SMILES string of the molecule is CC(=O)OC(O)C1=CCC(=O)CC1=Cc1ccc(OC(=O)OC(C)(C)C)cc1. The van der Waals surface area contributed by atoms with Crippen LogP contribution in [0.3, 0.4) is 0 Å². The van der Waals surface area contributed by atoms with Gasteiger partial charge in [-0.2, -0.15) is 0 Å². The van der Waals surface area contributed by atoms with Gasteiger partial charge in [0, 0.05) is 25.3 Å². The van der Waals surface area contributed by atoms with Crippen LogP contribution in [0.1, 0.15) is 46.1 Å². The molecule has 1 aromatic carbocycles. The smallest absolute Gasteiger partial charge is 0.432 e. The first-order valence-electron chi connectivity index (χ1n) is 8.82. The first-order valence-corrected chi connectivity index (χ1v) is 8.82. The van der Waals surface area contributed by atoms with Crippen molar-refractivity contribution in [1.82, 2.24) is 0 Å². The highest BCUT2D eigenvalue weighted by atomic mass is 16.7. The molecule has 0 bridgehead atoms. The number of rotatable bonds is 4. The molecule has 0 heterocycles. The van der Waals surface area contributed by atoms with Crippen LogP contribution < -0.4 is 4.74 Å². The molecule has 0 saturated carbocycles. The summed E-state index contributed by atoms with van der Waals surface area (Å²) >= 11 is 0. The van der Waals surface area contributed by atoms with Crippen LogP contribution in [0.4, 0.5) is 4.79 Å². The minimum Gasteiger partial charge on any atom is -0.432 e. The Balaban J connectivity index is 2.15. The number of allylic oxidation sites excluding steroid dienone is 1. The van der Waals surface area contributed by atoms with Gasteiger partial charge < -0.3 is 19.3 Å². The molecule has 7 nitrogen and oxygen atoms in total. The minimum atomic E-state index is -1.42. The molecule has 1 aliphatic carbocycles. The molecule has 1 aromatic rings. The van der Waals surface area contributed by atoms with E-state index in [-0.39, 0.29) is 18.6 Å². The van der Waals surface area contributed by atoms with Crippen molar-refractivity contribution in [2.75, 3.05) is 0 Å². The zero-order chi connectivity index (χ0) is 20.9. The summed E-state index contributed by atoms with van der Waals surface area (Å²) in [6.45, 7) is 6.42. The summed E-state index contributed by atoms with van der Waals surface area (Å²) in [5.41, 5.74) is 1.03. The Kier molecular flexibility index (Phi) is 6.75. The van der Waals surface area contributed by atoms with Gasteiger partial charge in [0.25, 0.3) is 0 Å². The number of hydrogen-bond donors (Lipinski definition) is 1. The van der Waals surface area contributed by atoms with Crippen molar-refractivity contribution in [3.63, 3.8) is 0 Å². The third kappa shape index (κ3) is 6.66. The Morgan fingerprint density at radius 3 is 2.39 bits per heavy atom. The van der Waals surface area contributed by atoms with Crippen LogP contribution in [0, 0.1) is 0 Å². The molecule has 0 aliphatic heterocycles. The second kappa shape index (κ2) is 8.84. The summed E-state index contributed by atoms with van der Waals surface area (Å²) in [6, 6.07) is 6.57. The maximum absolute atomic E-state index is 11.8. The van der Waals surface area contributed by atoms with Gasteiger partial charge in [0.1, 0.15) is 17.1 Å². The van der Waals surface area contributed by atoms with E-state index in [0.29, 0.717) is 16.9 Å². The number of Topliss-reactive ketones (excluding diaryl/α,β-unsaturated/α-hetero) is 1. The number of aliphatic hydroxyl groups excluding tert-OH is 1. The molecule has 0 saturated heterocycles. The monoisotopic (exact) mass is 388 g/mol. The van der Waals surface area contributed by atoms with Crippen LogP contribution in [-0.4, -0.2) is 34.9 Å². The molecule has 2 rings (SSSR count). The maximum Gasteiger partial charge on any atom is 0.514 e. The Morgan fingerprint density at radius 1 is 1.18 bits per heavy atom. The van der Waals surface area contributed by atoms with E-state index in [1.54, 1.807) is 57.2 Å². The Bertz CT molecular complexity index is 810. The maximum atomic E-state index is 11.8. The number of ketones is 1. The lowest BCUT2D eigenvalue weighted by molar-refractivity contribution is -0.159. The lowest BCUT2D eigenvalue weighted by Gasteiger charge is -2.21. The number of benzene rings is 1. The highest BCUT2D eigenvalue weighted by Gasteiger charge is 2.24. The van der Waals surface area contributed by atoms with Crippen molar-refractivity contribution < 1.29 is 33.7 Å². The molecule has 1 atom stereocenters. The Hall–Kier alpha value is -2.93. The zero-order valence-corrected chi connectivity index (χ0v) is 16.4. The molecule has 0 fully saturated rings. The van der Waals surface area contributed by atoms with Crippen molar-refractivity contribution in [2.45, 2.75) is 52.4 Å². The molecular weight excluding hydrogens is 364 g/mol. The van der Waals surface area contributed by atoms with Gasteiger partial charge in [-0.15, -0.1) is 0 Å². The molecule has 28 heavy (non-hydrogen) atoms. The van der Waals surface area contributed by atoms with Gasteiger partial charge in [0.2, 0.25) is 6.29 Å². The van der Waals surface area contributed by atoms with Crippen LogP contribution >= 0.6 is 0 Å². The minimum absolute atomic E-state index is 0.00472. The number of carbonyl (C=O) groups is 3. The van der Waals surface area contributed by atoms with E-state index in [9.17, 15) is 19.5 Å². The molecular formula is C21H24O7. The van der Waals surface area contributed by atoms with E-state index in [0.717, 1.165) is 5.56 Å². The fourth-order valence-corrected chi connectivity index (χ4v) is 2.56. The second-order valence-electron chi connectivity index (χ2n) is 7.35. The third-order valence-corrected chi connectivity index (χ3v) is 3.66. The first kappa shape index (κ1) is 21.4. The van der Waals surface area contributed by atoms with Crippen LogP contribution in [0.5, 0.6) is 5.75 Å². The van der Waals surface area contributed by atoms with E-state index < -0.39 is 24.0 Å². The Morgan fingerprint density at radius 2 is 1.82 bits per heavy atom.